The van der Waals surface area contributed by atoms with E-state index in [-0.39, 0.29) is 5.34 Å². The van der Waals surface area contributed by atoms with Gasteiger partial charge in [0, 0.05) is 0 Å². The predicted molar refractivity (Wildman–Crippen MR) is 293 cm³/mol. The molecule has 0 aromatic heterocycles. The molecule has 0 spiro atoms. The van der Waals surface area contributed by atoms with Crippen molar-refractivity contribution in [2.75, 3.05) is 5.34 Å². The van der Waals surface area contributed by atoms with E-state index in [0.717, 1.165) is 12.3 Å². The summed E-state index contributed by atoms with van der Waals surface area (Å²) in [6, 6.07) is 93.8. The third-order valence-electron chi connectivity index (χ3n) is 10.4. The number of benzene rings is 9. The van der Waals surface area contributed by atoms with Crippen LogP contribution in [-0.2, 0) is 29.6 Å². The molecule has 0 N–H and O–H groups in total. The number of hydrogen-bond donors (Lipinski definition) is 0. The Morgan fingerprint density at radius 1 is 0.333 bits per heavy atom. The molecule has 0 radical (unpaired) electrons. The van der Waals surface area contributed by atoms with Gasteiger partial charge in [0.1, 0.15) is 0 Å². The van der Waals surface area contributed by atoms with Crippen molar-refractivity contribution in [1.82, 2.24) is 0 Å². The van der Waals surface area contributed by atoms with Crippen LogP contribution in [0.15, 0.2) is 261 Å². The van der Waals surface area contributed by atoms with Crippen LogP contribution in [0.25, 0.3) is 6.08 Å². The third kappa shape index (κ3) is 15.5. The quantitative estimate of drug-likeness (QED) is 0.0355. The average Bonchev–Trinajstić information content (AvgIpc) is 3.40. The summed E-state index contributed by atoms with van der Waals surface area (Å²) in [5, 5.41) is 9.99. The van der Waals surface area contributed by atoms with Crippen molar-refractivity contribution in [2.24, 2.45) is 0 Å². The molecule has 7 heteroatoms. The summed E-state index contributed by atoms with van der Waals surface area (Å²) in [5.74, 6) is 0. The van der Waals surface area contributed by atoms with Gasteiger partial charge in [-0.15, -0.1) is 64.2 Å². The van der Waals surface area contributed by atoms with Crippen LogP contribution >= 0.6 is 56.7 Å². The summed E-state index contributed by atoms with van der Waals surface area (Å²) in [6.45, 7) is 0. The summed E-state index contributed by atoms with van der Waals surface area (Å²) < 4.78 is 0. The third-order valence-corrected chi connectivity index (χ3v) is 17.8. The molecule has 0 heterocycles. The molecule has 0 aliphatic heterocycles. The predicted octanol–water partition coefficient (Wildman–Crippen LogP) is 14.4. The van der Waals surface area contributed by atoms with Crippen molar-refractivity contribution in [3.8, 4) is 0 Å². The van der Waals surface area contributed by atoms with Crippen LogP contribution in [-0.4, -0.2) is 5.34 Å². The molecule has 9 aromatic carbocycles. The smallest absolute Gasteiger partial charge is 0.0134 e. The molecule has 330 valence electrons. The second-order valence-electron chi connectivity index (χ2n) is 14.6. The first-order valence-electron chi connectivity index (χ1n) is 21.4. The maximum Gasteiger partial charge on any atom is -0.0134 e. The first-order valence-corrected chi connectivity index (χ1v) is 29.1. The Morgan fingerprint density at radius 3 is 0.848 bits per heavy atom. The molecule has 0 fully saturated rings. The van der Waals surface area contributed by atoms with E-state index in [2.05, 4.69) is 283 Å². The summed E-state index contributed by atoms with van der Waals surface area (Å²) in [6.07, 6.45) is 7.90. The van der Waals surface area contributed by atoms with E-state index < -0.39 is 23.8 Å². The van der Waals surface area contributed by atoms with Crippen LogP contribution in [0.5, 0.6) is 0 Å². The van der Waals surface area contributed by atoms with Gasteiger partial charge in [-0.1, -0.05) is 254 Å². The second-order valence-corrected chi connectivity index (χ2v) is 22.0. The van der Waals surface area contributed by atoms with Gasteiger partial charge in [0.05, 0.1) is 5.34 Å². The molecule has 0 unspecified atom stereocenters. The minimum atomic E-state index is -0.577. The second kappa shape index (κ2) is 29.3. The molecule has 0 aliphatic carbocycles. The van der Waals surface area contributed by atoms with Gasteiger partial charge in [-0.25, -0.2) is 0 Å². The zero-order valence-corrected chi connectivity index (χ0v) is 43.0. The first kappa shape index (κ1) is 50.9. The molecule has 0 amide bonds. The number of halogens is 3. The molecule has 0 aliphatic rings. The number of hydrogen-bond acceptors (Lipinski definition) is 0. The monoisotopic (exact) mass is 1060 g/mol. The van der Waals surface area contributed by atoms with Crippen LogP contribution < -0.4 is 37.1 Å². The summed E-state index contributed by atoms with van der Waals surface area (Å²) in [5.41, 5.74) is 5.12. The van der Waals surface area contributed by atoms with Crippen molar-refractivity contribution in [2.45, 2.75) is 12.3 Å². The fourth-order valence-electron chi connectivity index (χ4n) is 7.42. The van der Waals surface area contributed by atoms with Crippen molar-refractivity contribution >= 4 is 99.9 Å². The van der Waals surface area contributed by atoms with E-state index in [1.165, 1.54) is 59.4 Å². The SMILES string of the molecule is ClCCl.[C-](=Cc1ccccc1)c1c(CP(c2ccccc2)c2ccccc2)cccc1CP(c1ccccc1)c1ccccc1.[Cl][Ru+].c1ccc(P(c2ccccc2)c2ccccc2)cc1. The van der Waals surface area contributed by atoms with Crippen molar-refractivity contribution in [3.63, 3.8) is 0 Å². The van der Waals surface area contributed by atoms with E-state index in [1.807, 2.05) is 17.3 Å². The summed E-state index contributed by atoms with van der Waals surface area (Å²) in [7, 11) is 2.97. The van der Waals surface area contributed by atoms with Gasteiger partial charge in [0.25, 0.3) is 0 Å². The molecule has 0 saturated carbocycles. The molecule has 0 bridgehead atoms. The van der Waals surface area contributed by atoms with Gasteiger partial charge in [-0.05, 0) is 73.2 Å². The minimum Gasteiger partial charge on any atom is -0.0622 e. The zero-order valence-electron chi connectivity index (χ0n) is 36.4. The molecule has 0 nitrogen and oxygen atoms in total. The van der Waals surface area contributed by atoms with Crippen molar-refractivity contribution in [1.29, 1.82) is 0 Å². The van der Waals surface area contributed by atoms with E-state index in [4.69, 9.17) is 23.2 Å². The first-order chi connectivity index (χ1) is 32.7. The maximum absolute atomic E-state index is 4.76. The molecule has 0 atom stereocenters. The normalized spacial score (nSPS) is 10.7. The Hall–Kier alpha value is -4.50. The zero-order chi connectivity index (χ0) is 46.0. The number of alkyl halides is 2. The molecule has 9 aromatic rings. The van der Waals surface area contributed by atoms with Gasteiger partial charge >= 0.3 is 27.0 Å². The Balaban J connectivity index is 0.000000249. The molecular formula is C59H50Cl3P3Ru. The number of rotatable bonds is 13. The van der Waals surface area contributed by atoms with Crippen molar-refractivity contribution in [3.05, 3.63) is 289 Å². The van der Waals surface area contributed by atoms with Crippen LogP contribution in [0.4, 0.5) is 0 Å². The van der Waals surface area contributed by atoms with Crippen LogP contribution in [0.1, 0.15) is 22.3 Å². The fraction of sp³-hybridized carbons (Fsp3) is 0.0508. The molecule has 9 rings (SSSR count). The molecular weight excluding hydrogens is 1010 g/mol. The van der Waals surface area contributed by atoms with Crippen LogP contribution in [0, 0.1) is 6.08 Å². The molecule has 66 heavy (non-hydrogen) atoms. The van der Waals surface area contributed by atoms with Crippen LogP contribution in [0.3, 0.4) is 0 Å². The topological polar surface area (TPSA) is 0 Å². The van der Waals surface area contributed by atoms with Gasteiger partial charge in [-0.2, -0.15) is 0 Å². The Morgan fingerprint density at radius 2 is 0.576 bits per heavy atom. The van der Waals surface area contributed by atoms with E-state index in [1.54, 1.807) is 0 Å². The Kier molecular flexibility index (Phi) is 22.6. The van der Waals surface area contributed by atoms with E-state index in [0.29, 0.717) is 0 Å². The van der Waals surface area contributed by atoms with Crippen LogP contribution in [0.2, 0.25) is 0 Å². The average molecular weight is 1060 g/mol. The summed E-state index contributed by atoms with van der Waals surface area (Å²) in [4.78, 5) is 0. The fourth-order valence-corrected chi connectivity index (χ4v) is 14.4. The van der Waals surface area contributed by atoms with Gasteiger partial charge in [-0.3, -0.25) is 0 Å². The van der Waals surface area contributed by atoms with Gasteiger partial charge in [0.2, 0.25) is 0 Å². The Bertz CT molecular complexity index is 2420. The molecule has 0 saturated heterocycles. The minimum absolute atomic E-state index is 0.194. The largest absolute Gasteiger partial charge is 0.0622 e. The summed E-state index contributed by atoms with van der Waals surface area (Å²) >= 11 is 11.4. The van der Waals surface area contributed by atoms with Crippen molar-refractivity contribution < 1.29 is 17.3 Å². The van der Waals surface area contributed by atoms with Gasteiger partial charge < -0.3 is 0 Å². The standard InChI is InChI=1S/C40H33P2.C18H15P.CH2Cl2.ClH.Ru/c1-6-17-33(18-7-1)29-30-40-34(31-41(36-21-8-2-9-22-36)37-23-10-3-11-24-37)19-16-20-35(40)32-42(38-25-12-4-13-26-38)39-27-14-5-15-28-39;1-4-10-16(11-5-1)19(17-12-6-2-7-13-17)18-14-8-3-9-15-18;2-1-3;;/h1-29H,31-32H2;1-15H;1H2;1H;/q-1;;;;+2/p-1. The maximum atomic E-state index is 4.76. The van der Waals surface area contributed by atoms with E-state index >= 15 is 0 Å². The Labute approximate surface area is 420 Å². The van der Waals surface area contributed by atoms with E-state index in [9.17, 15) is 0 Å². The van der Waals surface area contributed by atoms with Gasteiger partial charge in [0.15, 0.2) is 0 Å².